The van der Waals surface area contributed by atoms with Crippen molar-refractivity contribution in [1.82, 2.24) is 15.6 Å². The van der Waals surface area contributed by atoms with Crippen LogP contribution in [0.3, 0.4) is 0 Å². The van der Waals surface area contributed by atoms with Crippen LogP contribution >= 0.6 is 15.9 Å². The Kier molecular flexibility index (Phi) is 5.51. The van der Waals surface area contributed by atoms with Crippen molar-refractivity contribution in [3.63, 3.8) is 0 Å². The van der Waals surface area contributed by atoms with Crippen molar-refractivity contribution in [2.45, 2.75) is 12.8 Å². The van der Waals surface area contributed by atoms with Gasteiger partial charge in [0.05, 0.1) is 6.61 Å². The zero-order valence-electron chi connectivity index (χ0n) is 11.6. The molecule has 2 rings (SSSR count). The first-order chi connectivity index (χ1) is 9.65. The lowest BCUT2D eigenvalue weighted by Crippen LogP contribution is -2.47. The molecule has 5 nitrogen and oxygen atoms in total. The van der Waals surface area contributed by atoms with Gasteiger partial charge in [-0.2, -0.15) is 0 Å². The third kappa shape index (κ3) is 4.01. The van der Waals surface area contributed by atoms with Gasteiger partial charge in [0.2, 0.25) is 0 Å². The second-order valence-corrected chi connectivity index (χ2v) is 6.14. The zero-order chi connectivity index (χ0) is 14.4. The standard InChI is InChI=1S/C14H20BrN3O2/c1-20-10-14(4-6-16-7-5-14)9-18-13(19)12-3-2-11(15)8-17-12/h2-3,8,16H,4-7,9-10H2,1H3,(H,18,19). The highest BCUT2D eigenvalue weighted by Gasteiger charge is 2.32. The summed E-state index contributed by atoms with van der Waals surface area (Å²) in [5.41, 5.74) is 0.472. The maximum Gasteiger partial charge on any atom is 0.269 e. The molecule has 2 heterocycles. The Hall–Kier alpha value is -0.980. The number of hydrogen-bond donors (Lipinski definition) is 2. The van der Waals surface area contributed by atoms with Crippen LogP contribution < -0.4 is 10.6 Å². The number of ether oxygens (including phenoxy) is 1. The Labute approximate surface area is 127 Å². The second-order valence-electron chi connectivity index (χ2n) is 5.23. The highest BCUT2D eigenvalue weighted by molar-refractivity contribution is 9.10. The third-order valence-electron chi connectivity index (χ3n) is 3.70. The van der Waals surface area contributed by atoms with E-state index >= 15 is 0 Å². The first-order valence-electron chi connectivity index (χ1n) is 6.75. The summed E-state index contributed by atoms with van der Waals surface area (Å²) in [7, 11) is 1.71. The lowest BCUT2D eigenvalue weighted by molar-refractivity contribution is 0.0511. The minimum absolute atomic E-state index is 0.0328. The fourth-order valence-corrected chi connectivity index (χ4v) is 2.74. The van der Waals surface area contributed by atoms with Crippen LogP contribution in [0.25, 0.3) is 0 Å². The average molecular weight is 342 g/mol. The summed E-state index contributed by atoms with van der Waals surface area (Å²) in [4.78, 5) is 16.2. The van der Waals surface area contributed by atoms with Gasteiger partial charge in [-0.25, -0.2) is 4.98 Å². The predicted molar refractivity (Wildman–Crippen MR) is 80.7 cm³/mol. The predicted octanol–water partition coefficient (Wildman–Crippen LogP) is 1.59. The molecule has 0 aromatic carbocycles. The largest absolute Gasteiger partial charge is 0.384 e. The summed E-state index contributed by atoms with van der Waals surface area (Å²) in [5.74, 6) is -0.133. The molecule has 0 radical (unpaired) electrons. The van der Waals surface area contributed by atoms with Crippen molar-refractivity contribution in [2.24, 2.45) is 5.41 Å². The number of amides is 1. The molecule has 0 unspecified atom stereocenters. The van der Waals surface area contributed by atoms with E-state index in [-0.39, 0.29) is 11.3 Å². The number of hydrogen-bond acceptors (Lipinski definition) is 4. The number of piperidine rings is 1. The molecule has 110 valence electrons. The lowest BCUT2D eigenvalue weighted by atomic mass is 9.79. The Morgan fingerprint density at radius 2 is 2.25 bits per heavy atom. The molecule has 20 heavy (non-hydrogen) atoms. The van der Waals surface area contributed by atoms with Gasteiger partial charge >= 0.3 is 0 Å². The highest BCUT2D eigenvalue weighted by atomic mass is 79.9. The molecule has 1 fully saturated rings. The molecule has 2 N–H and O–H groups in total. The normalized spacial score (nSPS) is 17.7. The summed E-state index contributed by atoms with van der Waals surface area (Å²) in [6.07, 6.45) is 3.65. The van der Waals surface area contributed by atoms with Crippen molar-refractivity contribution in [3.8, 4) is 0 Å². The van der Waals surface area contributed by atoms with Crippen LogP contribution in [0.5, 0.6) is 0 Å². The number of nitrogens with zero attached hydrogens (tertiary/aromatic N) is 1. The van der Waals surface area contributed by atoms with Gasteiger partial charge < -0.3 is 15.4 Å². The molecule has 1 aliphatic rings. The van der Waals surface area contributed by atoms with E-state index < -0.39 is 0 Å². The van der Waals surface area contributed by atoms with E-state index in [2.05, 4.69) is 31.5 Å². The first kappa shape index (κ1) is 15.4. The lowest BCUT2D eigenvalue weighted by Gasteiger charge is -2.37. The minimum atomic E-state index is -0.133. The first-order valence-corrected chi connectivity index (χ1v) is 7.54. The molecular formula is C14H20BrN3O2. The Balaban J connectivity index is 1.94. The van der Waals surface area contributed by atoms with Crippen LogP contribution in [0.4, 0.5) is 0 Å². The Morgan fingerprint density at radius 1 is 1.50 bits per heavy atom. The van der Waals surface area contributed by atoms with Crippen molar-refractivity contribution in [3.05, 3.63) is 28.5 Å². The van der Waals surface area contributed by atoms with E-state index in [0.717, 1.165) is 30.4 Å². The Bertz CT molecular complexity index is 439. The van der Waals surface area contributed by atoms with Crippen LogP contribution in [-0.2, 0) is 4.74 Å². The number of carbonyl (C=O) groups is 1. The smallest absolute Gasteiger partial charge is 0.269 e. The van der Waals surface area contributed by atoms with E-state index in [1.807, 2.05) is 6.07 Å². The van der Waals surface area contributed by atoms with E-state index in [9.17, 15) is 4.79 Å². The van der Waals surface area contributed by atoms with E-state index in [4.69, 9.17) is 4.74 Å². The van der Waals surface area contributed by atoms with Gasteiger partial charge in [-0.05, 0) is 54.0 Å². The van der Waals surface area contributed by atoms with Gasteiger partial charge in [0.1, 0.15) is 5.69 Å². The molecule has 1 amide bonds. The topological polar surface area (TPSA) is 63.2 Å². The molecule has 1 aromatic rings. The monoisotopic (exact) mass is 341 g/mol. The van der Waals surface area contributed by atoms with Gasteiger partial charge in [0.25, 0.3) is 5.91 Å². The second kappa shape index (κ2) is 7.15. The highest BCUT2D eigenvalue weighted by Crippen LogP contribution is 2.28. The van der Waals surface area contributed by atoms with Gasteiger partial charge in [-0.3, -0.25) is 4.79 Å². The van der Waals surface area contributed by atoms with Gasteiger partial charge in [0, 0.05) is 29.7 Å². The molecule has 0 aliphatic carbocycles. The molecule has 0 saturated carbocycles. The fourth-order valence-electron chi connectivity index (χ4n) is 2.50. The van der Waals surface area contributed by atoms with Crippen molar-refractivity contribution in [2.75, 3.05) is 33.4 Å². The van der Waals surface area contributed by atoms with Crippen LogP contribution in [0.15, 0.2) is 22.8 Å². The number of halogens is 1. The van der Waals surface area contributed by atoms with Crippen LogP contribution in [-0.4, -0.2) is 44.2 Å². The quantitative estimate of drug-likeness (QED) is 0.853. The number of aromatic nitrogens is 1. The number of rotatable bonds is 5. The van der Waals surface area contributed by atoms with Gasteiger partial charge in [0.15, 0.2) is 0 Å². The fraction of sp³-hybridized carbons (Fsp3) is 0.571. The van der Waals surface area contributed by atoms with Gasteiger partial charge in [-0.15, -0.1) is 0 Å². The summed E-state index contributed by atoms with van der Waals surface area (Å²) in [6, 6.07) is 3.53. The van der Waals surface area contributed by atoms with Crippen molar-refractivity contribution >= 4 is 21.8 Å². The van der Waals surface area contributed by atoms with Crippen molar-refractivity contribution < 1.29 is 9.53 Å². The third-order valence-corrected chi connectivity index (χ3v) is 4.17. The average Bonchev–Trinajstić information content (AvgIpc) is 2.47. The Morgan fingerprint density at radius 3 is 2.85 bits per heavy atom. The molecular weight excluding hydrogens is 322 g/mol. The number of methoxy groups -OCH3 is 1. The molecule has 0 bridgehead atoms. The number of nitrogens with one attached hydrogen (secondary N) is 2. The molecule has 0 spiro atoms. The van der Waals surface area contributed by atoms with Crippen molar-refractivity contribution in [1.29, 1.82) is 0 Å². The maximum atomic E-state index is 12.1. The van der Waals surface area contributed by atoms with E-state index in [1.165, 1.54) is 0 Å². The molecule has 6 heteroatoms. The summed E-state index contributed by atoms with van der Waals surface area (Å²) < 4.78 is 6.20. The van der Waals surface area contributed by atoms with Crippen LogP contribution in [0.1, 0.15) is 23.3 Å². The summed E-state index contributed by atoms with van der Waals surface area (Å²) >= 11 is 3.31. The zero-order valence-corrected chi connectivity index (χ0v) is 13.2. The molecule has 1 aliphatic heterocycles. The van der Waals surface area contributed by atoms with Crippen LogP contribution in [0.2, 0.25) is 0 Å². The molecule has 1 aromatic heterocycles. The summed E-state index contributed by atoms with van der Waals surface area (Å²) in [5, 5.41) is 6.33. The minimum Gasteiger partial charge on any atom is -0.384 e. The maximum absolute atomic E-state index is 12.1. The molecule has 1 saturated heterocycles. The van der Waals surface area contributed by atoms with Crippen LogP contribution in [0, 0.1) is 5.41 Å². The SMILES string of the molecule is COCC1(CNC(=O)c2ccc(Br)cn2)CCNCC1. The number of pyridine rings is 1. The number of carbonyl (C=O) groups excluding carboxylic acids is 1. The van der Waals surface area contributed by atoms with E-state index in [1.54, 1.807) is 19.4 Å². The van der Waals surface area contributed by atoms with E-state index in [0.29, 0.717) is 18.8 Å². The summed E-state index contributed by atoms with van der Waals surface area (Å²) in [6.45, 7) is 3.23. The molecule has 0 atom stereocenters. The van der Waals surface area contributed by atoms with Gasteiger partial charge in [-0.1, -0.05) is 0 Å².